The van der Waals surface area contributed by atoms with Crippen molar-refractivity contribution >= 4 is 34.5 Å². The first-order valence-corrected chi connectivity index (χ1v) is 12.0. The van der Waals surface area contributed by atoms with Gasteiger partial charge in [0.15, 0.2) is 0 Å². The van der Waals surface area contributed by atoms with Gasteiger partial charge in [0, 0.05) is 28.2 Å². The van der Waals surface area contributed by atoms with Crippen LogP contribution in [0.5, 0.6) is 0 Å². The molecule has 3 aromatic carbocycles. The number of aryl methyl sites for hydroxylation is 1. The number of anilines is 2. The van der Waals surface area contributed by atoms with Gasteiger partial charge in [-0.25, -0.2) is 0 Å². The predicted octanol–water partition coefficient (Wildman–Crippen LogP) is 6.65. The van der Waals surface area contributed by atoms with Gasteiger partial charge in [0.25, 0.3) is 11.8 Å². The lowest BCUT2D eigenvalue weighted by molar-refractivity contribution is 0.0986. The summed E-state index contributed by atoms with van der Waals surface area (Å²) in [7, 11) is 0. The summed E-state index contributed by atoms with van der Waals surface area (Å²) < 4.78 is 0. The van der Waals surface area contributed by atoms with Gasteiger partial charge < -0.3 is 10.2 Å². The number of nitrogens with zero attached hydrogens (tertiary/aromatic N) is 1. The van der Waals surface area contributed by atoms with Crippen molar-refractivity contribution in [2.75, 3.05) is 16.8 Å². The van der Waals surface area contributed by atoms with Crippen LogP contribution >= 0.6 is 11.3 Å². The smallest absolute Gasteiger partial charge is 0.258 e. The van der Waals surface area contributed by atoms with Crippen molar-refractivity contribution in [2.45, 2.75) is 19.3 Å². The van der Waals surface area contributed by atoms with Crippen molar-refractivity contribution in [3.63, 3.8) is 0 Å². The van der Waals surface area contributed by atoms with Gasteiger partial charge in [0.1, 0.15) is 0 Å². The van der Waals surface area contributed by atoms with E-state index in [0.717, 1.165) is 42.6 Å². The molecule has 2 amide bonds. The number of fused-ring (bicyclic) bond motifs is 1. The highest BCUT2D eigenvalue weighted by molar-refractivity contribution is 7.10. The fraction of sp³-hybridized carbons (Fsp3) is 0.143. The average Bonchev–Trinajstić information content (AvgIpc) is 3.24. The number of carbonyl (C=O) groups excluding carboxylic acids is 2. The highest BCUT2D eigenvalue weighted by Crippen LogP contribution is 2.32. The Kier molecular flexibility index (Phi) is 6.05. The summed E-state index contributed by atoms with van der Waals surface area (Å²) in [6, 6.07) is 26.8. The molecule has 2 heterocycles. The zero-order chi connectivity index (χ0) is 22.6. The molecule has 1 aliphatic rings. The van der Waals surface area contributed by atoms with E-state index in [0.29, 0.717) is 16.8 Å². The minimum Gasteiger partial charge on any atom is -0.322 e. The summed E-state index contributed by atoms with van der Waals surface area (Å²) in [4.78, 5) is 29.0. The molecular formula is C28H24N2O2S. The minimum absolute atomic E-state index is 0.00549. The SMILES string of the molecule is O=C(Nc1ccc(C(=O)N2CCCCc3sccc32)cc1)c1ccc(-c2ccccc2)cc1. The topological polar surface area (TPSA) is 49.4 Å². The van der Waals surface area contributed by atoms with E-state index in [9.17, 15) is 9.59 Å². The molecule has 0 spiro atoms. The molecule has 0 atom stereocenters. The Bertz CT molecular complexity index is 1260. The zero-order valence-electron chi connectivity index (χ0n) is 18.2. The van der Waals surface area contributed by atoms with Crippen LogP contribution in [-0.4, -0.2) is 18.4 Å². The van der Waals surface area contributed by atoms with Crippen LogP contribution in [0, 0.1) is 0 Å². The molecule has 1 aliphatic heterocycles. The maximum Gasteiger partial charge on any atom is 0.258 e. The lowest BCUT2D eigenvalue weighted by Crippen LogP contribution is -2.31. The summed E-state index contributed by atoms with van der Waals surface area (Å²) >= 11 is 1.72. The molecule has 164 valence electrons. The van der Waals surface area contributed by atoms with Gasteiger partial charge in [-0.3, -0.25) is 9.59 Å². The number of benzene rings is 3. The number of thiophene rings is 1. The van der Waals surface area contributed by atoms with E-state index in [1.54, 1.807) is 35.6 Å². The maximum absolute atomic E-state index is 13.2. The molecule has 1 N–H and O–H groups in total. The van der Waals surface area contributed by atoms with Crippen molar-refractivity contribution in [1.82, 2.24) is 0 Å². The van der Waals surface area contributed by atoms with Crippen LogP contribution in [0.3, 0.4) is 0 Å². The fourth-order valence-corrected chi connectivity index (χ4v) is 5.07. The first-order chi connectivity index (χ1) is 16.2. The molecule has 0 radical (unpaired) electrons. The molecule has 0 unspecified atom stereocenters. The second-order valence-electron chi connectivity index (χ2n) is 8.12. The number of nitrogens with one attached hydrogen (secondary N) is 1. The second kappa shape index (κ2) is 9.43. The van der Waals surface area contributed by atoms with Gasteiger partial charge in [0.05, 0.1) is 5.69 Å². The third-order valence-electron chi connectivity index (χ3n) is 5.94. The molecule has 0 aliphatic carbocycles. The van der Waals surface area contributed by atoms with Crippen LogP contribution in [0.1, 0.15) is 38.4 Å². The maximum atomic E-state index is 13.2. The third-order valence-corrected chi connectivity index (χ3v) is 6.91. The van der Waals surface area contributed by atoms with Crippen LogP contribution in [0.15, 0.2) is 90.3 Å². The monoisotopic (exact) mass is 452 g/mol. The van der Waals surface area contributed by atoms with E-state index in [2.05, 4.69) is 10.7 Å². The number of hydrogen-bond acceptors (Lipinski definition) is 3. The van der Waals surface area contributed by atoms with Crippen LogP contribution in [0.2, 0.25) is 0 Å². The number of amides is 2. The quantitative estimate of drug-likeness (QED) is 0.377. The van der Waals surface area contributed by atoms with E-state index < -0.39 is 0 Å². The molecule has 5 rings (SSSR count). The number of rotatable bonds is 4. The molecule has 33 heavy (non-hydrogen) atoms. The highest BCUT2D eigenvalue weighted by Gasteiger charge is 2.23. The summed E-state index contributed by atoms with van der Waals surface area (Å²) in [5.74, 6) is -0.171. The van der Waals surface area contributed by atoms with Crippen LogP contribution in [0.4, 0.5) is 11.4 Å². The van der Waals surface area contributed by atoms with Crippen molar-refractivity contribution < 1.29 is 9.59 Å². The number of carbonyl (C=O) groups is 2. The van der Waals surface area contributed by atoms with Gasteiger partial charge in [-0.1, -0.05) is 42.5 Å². The van der Waals surface area contributed by atoms with Crippen LogP contribution < -0.4 is 10.2 Å². The van der Waals surface area contributed by atoms with E-state index >= 15 is 0 Å². The molecule has 1 aromatic heterocycles. The zero-order valence-corrected chi connectivity index (χ0v) is 19.0. The molecule has 5 heteroatoms. The second-order valence-corrected chi connectivity index (χ2v) is 9.12. The summed E-state index contributed by atoms with van der Waals surface area (Å²) in [5, 5.41) is 4.98. The van der Waals surface area contributed by atoms with E-state index in [-0.39, 0.29) is 11.8 Å². The third kappa shape index (κ3) is 4.59. The van der Waals surface area contributed by atoms with Gasteiger partial charge in [-0.15, -0.1) is 11.3 Å². The Balaban J connectivity index is 1.26. The van der Waals surface area contributed by atoms with E-state index in [1.165, 1.54) is 4.88 Å². The van der Waals surface area contributed by atoms with Gasteiger partial charge >= 0.3 is 0 Å². The van der Waals surface area contributed by atoms with Crippen LogP contribution in [-0.2, 0) is 6.42 Å². The molecular weight excluding hydrogens is 428 g/mol. The minimum atomic E-state index is -0.177. The van der Waals surface area contributed by atoms with Gasteiger partial charge in [-0.05, 0) is 78.2 Å². The van der Waals surface area contributed by atoms with Crippen molar-refractivity contribution in [3.05, 3.63) is 106 Å². The van der Waals surface area contributed by atoms with Crippen molar-refractivity contribution in [3.8, 4) is 11.1 Å². The Morgan fingerprint density at radius 1 is 0.758 bits per heavy atom. The number of hydrogen-bond donors (Lipinski definition) is 1. The summed E-state index contributed by atoms with van der Waals surface area (Å²) in [6.07, 6.45) is 3.15. The van der Waals surface area contributed by atoms with Gasteiger partial charge in [0.2, 0.25) is 0 Å². The normalized spacial score (nSPS) is 13.2. The first-order valence-electron chi connectivity index (χ1n) is 11.1. The van der Waals surface area contributed by atoms with Crippen molar-refractivity contribution in [1.29, 1.82) is 0 Å². The summed E-state index contributed by atoms with van der Waals surface area (Å²) in [6.45, 7) is 0.736. The Hall–Kier alpha value is -3.70. The highest BCUT2D eigenvalue weighted by atomic mass is 32.1. The van der Waals surface area contributed by atoms with Crippen molar-refractivity contribution in [2.24, 2.45) is 0 Å². The Morgan fingerprint density at radius 2 is 1.45 bits per heavy atom. The molecule has 0 saturated carbocycles. The predicted molar refractivity (Wildman–Crippen MR) is 135 cm³/mol. The molecule has 0 fully saturated rings. The standard InChI is InChI=1S/C28H24N2O2S/c31-27(22-11-9-21(10-12-22)20-6-2-1-3-7-20)29-24-15-13-23(14-16-24)28(32)30-18-5-4-8-26-25(30)17-19-33-26/h1-3,6-7,9-17,19H,4-5,8,18H2,(H,29,31). The van der Waals surface area contributed by atoms with Crippen LogP contribution in [0.25, 0.3) is 11.1 Å². The van der Waals surface area contributed by atoms with Gasteiger partial charge in [-0.2, -0.15) is 0 Å². The average molecular weight is 453 g/mol. The Labute approximate surface area is 197 Å². The molecule has 0 saturated heterocycles. The van der Waals surface area contributed by atoms with E-state index in [4.69, 9.17) is 0 Å². The molecule has 4 aromatic rings. The molecule has 0 bridgehead atoms. The van der Waals surface area contributed by atoms with E-state index in [1.807, 2.05) is 65.6 Å². The molecule has 4 nitrogen and oxygen atoms in total. The fourth-order valence-electron chi connectivity index (χ4n) is 4.15. The summed E-state index contributed by atoms with van der Waals surface area (Å²) in [5.41, 5.74) is 5.10. The largest absolute Gasteiger partial charge is 0.322 e. The first kappa shape index (κ1) is 21.2. The Morgan fingerprint density at radius 3 is 2.21 bits per heavy atom. The lowest BCUT2D eigenvalue weighted by Gasteiger charge is -2.21. The lowest BCUT2D eigenvalue weighted by atomic mass is 10.0.